The zero-order valence-corrected chi connectivity index (χ0v) is 13.0. The van der Waals surface area contributed by atoms with Crippen LogP contribution in [0.15, 0.2) is 30.3 Å². The Hall–Kier alpha value is -1.75. The van der Waals surface area contributed by atoms with Crippen LogP contribution in [0.2, 0.25) is 0 Å². The van der Waals surface area contributed by atoms with Gasteiger partial charge in [-0.05, 0) is 43.5 Å². The van der Waals surface area contributed by atoms with E-state index in [9.17, 15) is 17.6 Å². The fourth-order valence-corrected chi connectivity index (χ4v) is 2.36. The summed E-state index contributed by atoms with van der Waals surface area (Å²) in [6.45, 7) is 0.207. The number of benzene rings is 2. The third-order valence-corrected chi connectivity index (χ3v) is 3.57. The molecule has 0 aliphatic carbocycles. The van der Waals surface area contributed by atoms with Crippen LogP contribution in [0.25, 0.3) is 11.1 Å². The highest BCUT2D eigenvalue weighted by Crippen LogP contribution is 2.35. The number of hydrogen-bond acceptors (Lipinski definition) is 1. The minimum Gasteiger partial charge on any atom is -0.490 e. The fourth-order valence-electron chi connectivity index (χ4n) is 2.17. The Labute approximate surface area is 136 Å². The van der Waals surface area contributed by atoms with Crippen LogP contribution >= 0.6 is 11.6 Å². The molecule has 2 rings (SSSR count). The van der Waals surface area contributed by atoms with E-state index in [1.54, 1.807) is 0 Å². The van der Waals surface area contributed by atoms with Crippen LogP contribution < -0.4 is 4.74 Å². The van der Waals surface area contributed by atoms with Gasteiger partial charge in [-0.15, -0.1) is 11.6 Å². The number of rotatable bonds is 7. The summed E-state index contributed by atoms with van der Waals surface area (Å²) in [6.07, 6.45) is 2.26. The van der Waals surface area contributed by atoms with Gasteiger partial charge < -0.3 is 4.74 Å². The van der Waals surface area contributed by atoms with Gasteiger partial charge in [-0.25, -0.2) is 17.6 Å². The quantitative estimate of drug-likeness (QED) is 0.355. The number of halogens is 5. The zero-order valence-electron chi connectivity index (χ0n) is 12.2. The van der Waals surface area contributed by atoms with Crippen LogP contribution in [0.1, 0.15) is 19.3 Å². The lowest BCUT2D eigenvalue weighted by Crippen LogP contribution is -2.03. The molecular formula is C17H15ClF4O. The van der Waals surface area contributed by atoms with Crippen molar-refractivity contribution in [2.75, 3.05) is 12.5 Å². The molecule has 0 saturated heterocycles. The number of unbranched alkanes of at least 4 members (excludes halogenated alkanes) is 2. The molecule has 2 aromatic carbocycles. The molecule has 1 nitrogen and oxygen atoms in total. The van der Waals surface area contributed by atoms with Gasteiger partial charge in [0.1, 0.15) is 17.5 Å². The second-order valence-corrected chi connectivity index (χ2v) is 5.31. The second-order valence-electron chi connectivity index (χ2n) is 4.93. The van der Waals surface area contributed by atoms with Crippen molar-refractivity contribution in [3.8, 4) is 16.9 Å². The maximum Gasteiger partial charge on any atom is 0.176 e. The Morgan fingerprint density at radius 2 is 1.43 bits per heavy atom. The van der Waals surface area contributed by atoms with Crippen molar-refractivity contribution >= 4 is 11.6 Å². The molecule has 0 spiro atoms. The highest BCUT2D eigenvalue weighted by atomic mass is 35.5. The summed E-state index contributed by atoms with van der Waals surface area (Å²) < 4.78 is 61.2. The summed E-state index contributed by atoms with van der Waals surface area (Å²) in [5.74, 6) is -3.96. The molecule has 0 bridgehead atoms. The van der Waals surface area contributed by atoms with E-state index in [0.29, 0.717) is 12.3 Å². The van der Waals surface area contributed by atoms with E-state index in [2.05, 4.69) is 0 Å². The number of alkyl halides is 1. The highest BCUT2D eigenvalue weighted by molar-refractivity contribution is 6.17. The molecule has 124 valence electrons. The van der Waals surface area contributed by atoms with Gasteiger partial charge in [-0.1, -0.05) is 6.07 Å². The number of ether oxygens (including phenoxy) is 1. The Bertz CT molecular complexity index is 656. The van der Waals surface area contributed by atoms with E-state index >= 15 is 0 Å². The van der Waals surface area contributed by atoms with Crippen molar-refractivity contribution in [3.63, 3.8) is 0 Å². The van der Waals surface area contributed by atoms with Crippen molar-refractivity contribution in [1.29, 1.82) is 0 Å². The Morgan fingerprint density at radius 1 is 0.783 bits per heavy atom. The Morgan fingerprint density at radius 3 is 2.09 bits per heavy atom. The molecule has 0 N–H and O–H groups in total. The minimum absolute atomic E-state index is 0.207. The highest BCUT2D eigenvalue weighted by Gasteiger charge is 2.22. The zero-order chi connectivity index (χ0) is 16.8. The van der Waals surface area contributed by atoms with Gasteiger partial charge in [0.2, 0.25) is 0 Å². The lowest BCUT2D eigenvalue weighted by Gasteiger charge is -2.12. The molecule has 0 radical (unpaired) electrons. The van der Waals surface area contributed by atoms with Crippen molar-refractivity contribution in [3.05, 3.63) is 53.6 Å². The monoisotopic (exact) mass is 346 g/mol. The molecule has 0 aromatic heterocycles. The first-order valence-electron chi connectivity index (χ1n) is 7.17. The molecule has 6 heteroatoms. The normalized spacial score (nSPS) is 10.8. The third kappa shape index (κ3) is 4.16. The molecule has 0 atom stereocenters. The van der Waals surface area contributed by atoms with Crippen molar-refractivity contribution < 1.29 is 22.3 Å². The van der Waals surface area contributed by atoms with Gasteiger partial charge in [0.25, 0.3) is 0 Å². The summed E-state index contributed by atoms with van der Waals surface area (Å²) in [6, 6.07) is 5.04. The van der Waals surface area contributed by atoms with Crippen molar-refractivity contribution in [2.45, 2.75) is 19.3 Å². The number of hydrogen-bond donors (Lipinski definition) is 0. The van der Waals surface area contributed by atoms with Gasteiger partial charge in [0.15, 0.2) is 11.6 Å². The van der Waals surface area contributed by atoms with E-state index in [1.165, 1.54) is 0 Å². The molecule has 0 aliphatic heterocycles. The third-order valence-electron chi connectivity index (χ3n) is 3.30. The van der Waals surface area contributed by atoms with Crippen LogP contribution in [0, 0.1) is 23.3 Å². The maximum atomic E-state index is 14.4. The van der Waals surface area contributed by atoms with Gasteiger partial charge in [-0.2, -0.15) is 0 Å². The molecule has 0 saturated carbocycles. The van der Waals surface area contributed by atoms with Crippen molar-refractivity contribution in [1.82, 2.24) is 0 Å². The first-order chi connectivity index (χ1) is 11.1. The molecule has 0 amide bonds. The Kier molecular flexibility index (Phi) is 6.28. The molecule has 23 heavy (non-hydrogen) atoms. The van der Waals surface area contributed by atoms with Crippen LogP contribution in [0.5, 0.6) is 5.75 Å². The average Bonchev–Trinajstić information content (AvgIpc) is 2.52. The van der Waals surface area contributed by atoms with E-state index in [4.69, 9.17) is 16.3 Å². The largest absolute Gasteiger partial charge is 0.490 e. The first kappa shape index (κ1) is 17.6. The summed E-state index contributed by atoms with van der Waals surface area (Å²) in [5, 5.41) is 0. The fraction of sp³-hybridized carbons (Fsp3) is 0.294. The molecular weight excluding hydrogens is 332 g/mol. The molecule has 0 heterocycles. The van der Waals surface area contributed by atoms with Crippen LogP contribution in [0.4, 0.5) is 17.6 Å². The van der Waals surface area contributed by atoms with Crippen LogP contribution in [-0.4, -0.2) is 12.5 Å². The molecule has 0 unspecified atom stereocenters. The van der Waals surface area contributed by atoms with E-state index < -0.39 is 34.4 Å². The van der Waals surface area contributed by atoms with Gasteiger partial charge >= 0.3 is 0 Å². The predicted octanol–water partition coefficient (Wildman–Crippen LogP) is 5.70. The van der Waals surface area contributed by atoms with E-state index in [-0.39, 0.29) is 12.4 Å². The van der Waals surface area contributed by atoms with Gasteiger partial charge in [-0.3, -0.25) is 0 Å². The van der Waals surface area contributed by atoms with E-state index in [1.807, 2.05) is 0 Å². The predicted molar refractivity (Wildman–Crippen MR) is 81.8 cm³/mol. The van der Waals surface area contributed by atoms with Crippen LogP contribution in [0.3, 0.4) is 0 Å². The molecule has 0 fully saturated rings. The molecule has 2 aromatic rings. The summed E-state index contributed by atoms with van der Waals surface area (Å²) in [5.41, 5.74) is -1.51. The van der Waals surface area contributed by atoms with Crippen LogP contribution in [-0.2, 0) is 0 Å². The maximum absolute atomic E-state index is 14.4. The SMILES string of the molecule is Fc1cccc(F)c1-c1c(F)ccc(OCCCCCCl)c1F. The average molecular weight is 347 g/mol. The second kappa shape index (κ2) is 8.20. The Balaban J connectivity index is 2.29. The summed E-state index contributed by atoms with van der Waals surface area (Å²) in [4.78, 5) is 0. The molecule has 0 aliphatic rings. The smallest absolute Gasteiger partial charge is 0.176 e. The topological polar surface area (TPSA) is 9.23 Å². The van der Waals surface area contributed by atoms with E-state index in [0.717, 1.165) is 43.2 Å². The summed E-state index contributed by atoms with van der Waals surface area (Å²) in [7, 11) is 0. The summed E-state index contributed by atoms with van der Waals surface area (Å²) >= 11 is 5.54. The standard InChI is InChI=1S/C17H15ClF4O/c18-9-2-1-3-10-23-14-8-7-13(21)16(17(14)22)15-11(19)5-4-6-12(15)20/h4-8H,1-3,9-10H2. The van der Waals surface area contributed by atoms with Gasteiger partial charge in [0, 0.05) is 5.88 Å². The lowest BCUT2D eigenvalue weighted by molar-refractivity contribution is 0.291. The van der Waals surface area contributed by atoms with Crippen molar-refractivity contribution in [2.24, 2.45) is 0 Å². The lowest BCUT2D eigenvalue weighted by atomic mass is 10.0. The van der Waals surface area contributed by atoms with Gasteiger partial charge in [0.05, 0.1) is 17.7 Å². The first-order valence-corrected chi connectivity index (χ1v) is 7.71. The minimum atomic E-state index is -1.12.